The summed E-state index contributed by atoms with van der Waals surface area (Å²) in [4.78, 5) is 35.9. The van der Waals surface area contributed by atoms with E-state index in [2.05, 4.69) is 10.6 Å². The Morgan fingerprint density at radius 2 is 1.79 bits per heavy atom. The Hall–Kier alpha value is -2.80. The molecule has 0 aliphatic rings. The third kappa shape index (κ3) is 6.74. The molecule has 2 amide bonds. The van der Waals surface area contributed by atoms with Crippen molar-refractivity contribution in [3.05, 3.63) is 54.1 Å². The number of rotatable bonds is 9. The molecule has 6 nitrogen and oxygen atoms in total. The van der Waals surface area contributed by atoms with Crippen LogP contribution in [0.15, 0.2) is 53.4 Å². The molecular formula is C21H24N2O4S. The quantitative estimate of drug-likeness (QED) is 0.545. The van der Waals surface area contributed by atoms with Gasteiger partial charge < -0.3 is 15.7 Å². The fraction of sp³-hybridized carbons (Fsp3) is 0.286. The summed E-state index contributed by atoms with van der Waals surface area (Å²) in [5.41, 5.74) is 2.38. The van der Waals surface area contributed by atoms with Crippen molar-refractivity contribution in [3.63, 3.8) is 0 Å². The van der Waals surface area contributed by atoms with Gasteiger partial charge in [-0.05, 0) is 43.2 Å². The number of hydrogen-bond acceptors (Lipinski definition) is 4. The molecule has 0 bridgehead atoms. The van der Waals surface area contributed by atoms with Gasteiger partial charge in [-0.3, -0.25) is 14.4 Å². The molecule has 0 spiro atoms. The van der Waals surface area contributed by atoms with Crippen molar-refractivity contribution >= 4 is 40.9 Å². The van der Waals surface area contributed by atoms with Gasteiger partial charge in [0.1, 0.15) is 0 Å². The number of amides is 2. The van der Waals surface area contributed by atoms with E-state index in [-0.39, 0.29) is 29.9 Å². The average molecular weight is 401 g/mol. The molecule has 148 valence electrons. The SMILES string of the molecule is CCC(Sc1cccc(NC(=O)CCC(=O)O)c1)C(=O)Nc1ccccc1C. The van der Waals surface area contributed by atoms with Gasteiger partial charge in [-0.25, -0.2) is 0 Å². The van der Waals surface area contributed by atoms with E-state index in [1.54, 1.807) is 18.2 Å². The van der Waals surface area contributed by atoms with Crippen molar-refractivity contribution in [1.29, 1.82) is 0 Å². The van der Waals surface area contributed by atoms with E-state index in [4.69, 9.17) is 5.11 Å². The van der Waals surface area contributed by atoms with Crippen LogP contribution in [-0.4, -0.2) is 28.1 Å². The minimum atomic E-state index is -1.01. The summed E-state index contributed by atoms with van der Waals surface area (Å²) < 4.78 is 0. The molecule has 2 aromatic carbocycles. The van der Waals surface area contributed by atoms with Gasteiger partial charge in [0, 0.05) is 22.7 Å². The predicted octanol–water partition coefficient (Wildman–Crippen LogP) is 4.31. The highest BCUT2D eigenvalue weighted by Crippen LogP contribution is 2.29. The minimum Gasteiger partial charge on any atom is -0.481 e. The number of carboxylic acid groups (broad SMARTS) is 1. The fourth-order valence-electron chi connectivity index (χ4n) is 2.50. The standard InChI is InChI=1S/C21H24N2O4S/c1-3-18(21(27)23-17-10-5-4-7-14(17)2)28-16-9-6-8-15(13-16)22-19(24)11-12-20(25)26/h4-10,13,18H,3,11-12H2,1-2H3,(H,22,24)(H,23,27)(H,25,26). The minimum absolute atomic E-state index is 0.0716. The summed E-state index contributed by atoms with van der Waals surface area (Å²) in [6.07, 6.45) is 0.359. The maximum absolute atomic E-state index is 12.7. The molecule has 0 heterocycles. The van der Waals surface area contributed by atoms with Crippen LogP contribution in [0.5, 0.6) is 0 Å². The number of benzene rings is 2. The van der Waals surface area contributed by atoms with Gasteiger partial charge >= 0.3 is 5.97 Å². The van der Waals surface area contributed by atoms with Gasteiger partial charge in [0.05, 0.1) is 11.7 Å². The fourth-order valence-corrected chi connectivity index (χ4v) is 3.52. The average Bonchev–Trinajstić information content (AvgIpc) is 2.66. The number of anilines is 2. The third-order valence-electron chi connectivity index (χ3n) is 4.03. The maximum Gasteiger partial charge on any atom is 0.303 e. The molecular weight excluding hydrogens is 376 g/mol. The first-order chi connectivity index (χ1) is 13.4. The number of carboxylic acids is 1. The molecule has 28 heavy (non-hydrogen) atoms. The van der Waals surface area contributed by atoms with Crippen LogP contribution < -0.4 is 10.6 Å². The van der Waals surface area contributed by atoms with Crippen molar-refractivity contribution < 1.29 is 19.5 Å². The van der Waals surface area contributed by atoms with Crippen molar-refractivity contribution in [2.24, 2.45) is 0 Å². The Balaban J connectivity index is 2.00. The Kier molecular flexibility index (Phi) is 8.07. The normalized spacial score (nSPS) is 11.5. The van der Waals surface area contributed by atoms with Crippen molar-refractivity contribution in [2.75, 3.05) is 10.6 Å². The highest BCUT2D eigenvalue weighted by atomic mass is 32.2. The summed E-state index contributed by atoms with van der Waals surface area (Å²) in [5.74, 6) is -1.43. The van der Waals surface area contributed by atoms with Crippen LogP contribution in [0.2, 0.25) is 0 Å². The molecule has 0 radical (unpaired) electrons. The molecule has 0 aliphatic carbocycles. The topological polar surface area (TPSA) is 95.5 Å². The predicted molar refractivity (Wildman–Crippen MR) is 112 cm³/mol. The highest BCUT2D eigenvalue weighted by molar-refractivity contribution is 8.00. The van der Waals surface area contributed by atoms with Gasteiger partial charge in [-0.1, -0.05) is 31.2 Å². The highest BCUT2D eigenvalue weighted by Gasteiger charge is 2.19. The second kappa shape index (κ2) is 10.5. The van der Waals surface area contributed by atoms with Crippen molar-refractivity contribution in [2.45, 2.75) is 43.3 Å². The first kappa shape index (κ1) is 21.5. The molecule has 7 heteroatoms. The Morgan fingerprint density at radius 1 is 1.04 bits per heavy atom. The number of thioether (sulfide) groups is 1. The number of para-hydroxylation sites is 1. The molecule has 2 aromatic rings. The van der Waals surface area contributed by atoms with E-state index in [1.165, 1.54) is 11.8 Å². The third-order valence-corrected chi connectivity index (χ3v) is 5.39. The molecule has 0 fully saturated rings. The lowest BCUT2D eigenvalue weighted by Crippen LogP contribution is -2.24. The van der Waals surface area contributed by atoms with Crippen molar-refractivity contribution in [3.8, 4) is 0 Å². The monoisotopic (exact) mass is 400 g/mol. The van der Waals surface area contributed by atoms with Crippen LogP contribution in [0.4, 0.5) is 11.4 Å². The van der Waals surface area contributed by atoms with E-state index in [1.807, 2.05) is 44.2 Å². The zero-order chi connectivity index (χ0) is 20.5. The molecule has 0 saturated heterocycles. The maximum atomic E-state index is 12.7. The molecule has 0 aliphatic heterocycles. The molecule has 3 N–H and O–H groups in total. The van der Waals surface area contributed by atoms with Crippen LogP contribution in [0.25, 0.3) is 0 Å². The number of nitrogens with one attached hydrogen (secondary N) is 2. The second-order valence-corrected chi connectivity index (χ2v) is 7.56. The summed E-state index contributed by atoms with van der Waals surface area (Å²) in [6.45, 7) is 3.90. The molecule has 0 aromatic heterocycles. The summed E-state index contributed by atoms with van der Waals surface area (Å²) >= 11 is 1.42. The Labute approximate surface area is 168 Å². The van der Waals surface area contributed by atoms with Crippen LogP contribution in [0, 0.1) is 6.92 Å². The Bertz CT molecular complexity index is 854. The van der Waals surface area contributed by atoms with Gasteiger partial charge in [-0.2, -0.15) is 0 Å². The second-order valence-electron chi connectivity index (χ2n) is 6.29. The van der Waals surface area contributed by atoms with Crippen LogP contribution in [-0.2, 0) is 14.4 Å². The van der Waals surface area contributed by atoms with E-state index < -0.39 is 5.97 Å². The molecule has 1 unspecified atom stereocenters. The zero-order valence-electron chi connectivity index (χ0n) is 15.9. The van der Waals surface area contributed by atoms with E-state index in [0.717, 1.165) is 16.1 Å². The first-order valence-electron chi connectivity index (χ1n) is 9.04. The zero-order valence-corrected chi connectivity index (χ0v) is 16.7. The number of aliphatic carboxylic acids is 1. The number of aryl methyl sites for hydroxylation is 1. The summed E-state index contributed by atoms with van der Waals surface area (Å²) in [5, 5.41) is 14.0. The molecule has 0 saturated carbocycles. The molecule has 2 rings (SSSR count). The van der Waals surface area contributed by atoms with Gasteiger partial charge in [0.25, 0.3) is 0 Å². The van der Waals surface area contributed by atoms with Gasteiger partial charge in [-0.15, -0.1) is 11.8 Å². The number of carbonyl (C=O) groups is 3. The lowest BCUT2D eigenvalue weighted by atomic mass is 10.2. The summed E-state index contributed by atoms with van der Waals surface area (Å²) in [6, 6.07) is 14.8. The van der Waals surface area contributed by atoms with Gasteiger partial charge in [0.15, 0.2) is 0 Å². The largest absolute Gasteiger partial charge is 0.481 e. The van der Waals surface area contributed by atoms with E-state index in [0.29, 0.717) is 12.1 Å². The lowest BCUT2D eigenvalue weighted by Gasteiger charge is -2.16. The van der Waals surface area contributed by atoms with Gasteiger partial charge in [0.2, 0.25) is 11.8 Å². The number of carbonyl (C=O) groups excluding carboxylic acids is 2. The van der Waals surface area contributed by atoms with E-state index >= 15 is 0 Å². The summed E-state index contributed by atoms with van der Waals surface area (Å²) in [7, 11) is 0. The smallest absolute Gasteiger partial charge is 0.303 e. The van der Waals surface area contributed by atoms with Crippen LogP contribution in [0.1, 0.15) is 31.7 Å². The lowest BCUT2D eigenvalue weighted by molar-refractivity contribution is -0.138. The first-order valence-corrected chi connectivity index (χ1v) is 9.92. The molecule has 1 atom stereocenters. The Morgan fingerprint density at radius 3 is 2.46 bits per heavy atom. The van der Waals surface area contributed by atoms with Crippen LogP contribution in [0.3, 0.4) is 0 Å². The van der Waals surface area contributed by atoms with Crippen molar-refractivity contribution in [1.82, 2.24) is 0 Å². The van der Waals surface area contributed by atoms with Crippen LogP contribution >= 0.6 is 11.8 Å². The number of hydrogen-bond donors (Lipinski definition) is 3. The van der Waals surface area contributed by atoms with E-state index in [9.17, 15) is 14.4 Å².